The molecule has 8 heteroatoms. The lowest BCUT2D eigenvalue weighted by atomic mass is 9.97. The lowest BCUT2D eigenvalue weighted by Crippen LogP contribution is -2.37. The van der Waals surface area contributed by atoms with Crippen LogP contribution in [-0.2, 0) is 29.0 Å². The highest BCUT2D eigenvalue weighted by Crippen LogP contribution is 2.33. The van der Waals surface area contributed by atoms with E-state index >= 15 is 0 Å². The quantitative estimate of drug-likeness (QED) is 0.659. The average Bonchev–Trinajstić information content (AvgIpc) is 3.11. The van der Waals surface area contributed by atoms with E-state index in [0.29, 0.717) is 5.39 Å². The van der Waals surface area contributed by atoms with Gasteiger partial charge in [0.1, 0.15) is 11.4 Å². The molecule has 4 rings (SSSR count). The van der Waals surface area contributed by atoms with Gasteiger partial charge in [-0.1, -0.05) is 18.2 Å². The zero-order valence-electron chi connectivity index (χ0n) is 17.1. The van der Waals surface area contributed by atoms with Crippen LogP contribution >= 0.6 is 11.3 Å². The monoisotopic (exact) mass is 424 g/mol. The first kappa shape index (κ1) is 20.3. The Bertz CT molecular complexity index is 1170. The number of nitrogens with one attached hydrogen (secondary N) is 2. The molecule has 1 aliphatic carbocycles. The van der Waals surface area contributed by atoms with Gasteiger partial charge < -0.3 is 10.6 Å². The number of aromatic nitrogens is 2. The van der Waals surface area contributed by atoms with Gasteiger partial charge in [-0.25, -0.2) is 4.98 Å². The minimum absolute atomic E-state index is 0.162. The van der Waals surface area contributed by atoms with E-state index in [9.17, 15) is 14.4 Å². The fraction of sp³-hybridized carbons (Fsp3) is 0.364. The van der Waals surface area contributed by atoms with E-state index in [1.165, 1.54) is 15.8 Å². The number of carbonyl (C=O) groups is 2. The van der Waals surface area contributed by atoms with Gasteiger partial charge in [0.25, 0.3) is 5.56 Å². The molecule has 3 aromatic rings. The number of fused-ring (bicyclic) bond motifs is 3. The van der Waals surface area contributed by atoms with E-state index < -0.39 is 5.91 Å². The number of rotatable bonds is 5. The Hall–Kier alpha value is -3.00. The van der Waals surface area contributed by atoms with Crippen molar-refractivity contribution in [3.8, 4) is 0 Å². The SMILES string of the molecule is Cc1cccc(C)c1NC(=O)CNC(=O)Cn1cnc2sc3c(c2c1=O)CCCC3. The fourth-order valence-corrected chi connectivity index (χ4v) is 5.10. The van der Waals surface area contributed by atoms with Crippen molar-refractivity contribution in [2.24, 2.45) is 0 Å². The second-order valence-electron chi connectivity index (χ2n) is 7.66. The van der Waals surface area contributed by atoms with E-state index in [2.05, 4.69) is 15.6 Å². The zero-order valence-corrected chi connectivity index (χ0v) is 17.9. The third-order valence-corrected chi connectivity index (χ3v) is 6.65. The van der Waals surface area contributed by atoms with Crippen LogP contribution in [-0.4, -0.2) is 27.9 Å². The van der Waals surface area contributed by atoms with Crippen molar-refractivity contribution in [2.75, 3.05) is 11.9 Å². The summed E-state index contributed by atoms with van der Waals surface area (Å²) in [5.41, 5.74) is 3.58. The molecule has 0 atom stereocenters. The number of hydrogen-bond acceptors (Lipinski definition) is 5. The molecule has 0 radical (unpaired) electrons. The zero-order chi connectivity index (χ0) is 21.3. The van der Waals surface area contributed by atoms with Crippen molar-refractivity contribution >= 4 is 39.1 Å². The van der Waals surface area contributed by atoms with Crippen LogP contribution in [0.15, 0.2) is 29.3 Å². The number of para-hydroxylation sites is 1. The maximum Gasteiger partial charge on any atom is 0.262 e. The van der Waals surface area contributed by atoms with Gasteiger partial charge in [0, 0.05) is 10.6 Å². The summed E-state index contributed by atoms with van der Waals surface area (Å²) >= 11 is 1.58. The Morgan fingerprint density at radius 3 is 2.63 bits per heavy atom. The number of nitrogens with zero attached hydrogens (tertiary/aromatic N) is 2. The number of thiophene rings is 1. The minimum atomic E-state index is -0.404. The molecule has 2 heterocycles. The molecule has 0 saturated heterocycles. The topological polar surface area (TPSA) is 93.1 Å². The van der Waals surface area contributed by atoms with Crippen LogP contribution in [0.5, 0.6) is 0 Å². The fourth-order valence-electron chi connectivity index (χ4n) is 3.88. The number of benzene rings is 1. The number of hydrogen-bond donors (Lipinski definition) is 2. The summed E-state index contributed by atoms with van der Waals surface area (Å²) in [5, 5.41) is 6.07. The van der Waals surface area contributed by atoms with Crippen molar-refractivity contribution in [3.05, 3.63) is 56.4 Å². The lowest BCUT2D eigenvalue weighted by molar-refractivity contribution is -0.124. The summed E-state index contributed by atoms with van der Waals surface area (Å²) in [5.74, 6) is -0.715. The molecule has 0 spiro atoms. The molecule has 30 heavy (non-hydrogen) atoms. The second kappa shape index (κ2) is 8.39. The van der Waals surface area contributed by atoms with Gasteiger partial charge in [-0.05, 0) is 56.2 Å². The molecule has 7 nitrogen and oxygen atoms in total. The lowest BCUT2D eigenvalue weighted by Gasteiger charge is -2.12. The normalized spacial score (nSPS) is 13.1. The van der Waals surface area contributed by atoms with Gasteiger partial charge in [0.05, 0.1) is 18.3 Å². The van der Waals surface area contributed by atoms with Gasteiger partial charge >= 0.3 is 0 Å². The standard InChI is InChI=1S/C22H24N4O3S/c1-13-6-5-7-14(2)20(13)25-17(27)10-23-18(28)11-26-12-24-21-19(22(26)29)15-8-3-4-9-16(15)30-21/h5-7,12H,3-4,8-11H2,1-2H3,(H,23,28)(H,25,27). The smallest absolute Gasteiger partial charge is 0.262 e. The van der Waals surface area contributed by atoms with E-state index in [1.54, 1.807) is 11.3 Å². The van der Waals surface area contributed by atoms with Crippen LogP contribution in [0.4, 0.5) is 5.69 Å². The van der Waals surface area contributed by atoms with Crippen LogP contribution in [0.1, 0.15) is 34.4 Å². The van der Waals surface area contributed by atoms with Gasteiger partial charge in [-0.2, -0.15) is 0 Å². The van der Waals surface area contributed by atoms with Crippen molar-refractivity contribution in [1.82, 2.24) is 14.9 Å². The molecule has 0 saturated carbocycles. The number of amides is 2. The summed E-state index contributed by atoms with van der Waals surface area (Å²) in [6, 6.07) is 5.76. The van der Waals surface area contributed by atoms with Crippen LogP contribution in [0.2, 0.25) is 0 Å². The number of aryl methyl sites for hydroxylation is 4. The van der Waals surface area contributed by atoms with Crippen molar-refractivity contribution in [3.63, 3.8) is 0 Å². The Balaban J connectivity index is 1.42. The van der Waals surface area contributed by atoms with Crippen molar-refractivity contribution in [2.45, 2.75) is 46.1 Å². The van der Waals surface area contributed by atoms with Crippen molar-refractivity contribution < 1.29 is 9.59 Å². The third kappa shape index (κ3) is 4.00. The first-order chi connectivity index (χ1) is 14.4. The molecule has 156 valence electrons. The van der Waals surface area contributed by atoms with E-state index in [4.69, 9.17) is 0 Å². The van der Waals surface area contributed by atoms with Crippen LogP contribution in [0.3, 0.4) is 0 Å². The molecule has 2 amide bonds. The third-order valence-electron chi connectivity index (χ3n) is 5.45. The van der Waals surface area contributed by atoms with E-state index in [-0.39, 0.29) is 24.6 Å². The molecule has 0 fully saturated rings. The van der Waals surface area contributed by atoms with Gasteiger partial charge in [0.2, 0.25) is 11.8 Å². The Kier molecular flexibility index (Phi) is 5.67. The molecule has 2 aromatic heterocycles. The Morgan fingerprint density at radius 1 is 1.13 bits per heavy atom. The molecule has 0 aliphatic heterocycles. The molecular formula is C22H24N4O3S. The minimum Gasteiger partial charge on any atom is -0.345 e. The maximum absolute atomic E-state index is 12.9. The van der Waals surface area contributed by atoms with Crippen LogP contribution in [0, 0.1) is 13.8 Å². The summed E-state index contributed by atoms with van der Waals surface area (Å²) in [6.45, 7) is 3.51. The van der Waals surface area contributed by atoms with E-state index in [1.807, 2.05) is 32.0 Å². The molecular weight excluding hydrogens is 400 g/mol. The molecule has 1 aliphatic rings. The Morgan fingerprint density at radius 2 is 1.87 bits per heavy atom. The first-order valence-corrected chi connectivity index (χ1v) is 10.9. The van der Waals surface area contributed by atoms with Crippen LogP contribution in [0.25, 0.3) is 10.2 Å². The number of carbonyl (C=O) groups excluding carboxylic acids is 2. The second-order valence-corrected chi connectivity index (χ2v) is 8.74. The summed E-state index contributed by atoms with van der Waals surface area (Å²) in [7, 11) is 0. The molecule has 0 unspecified atom stereocenters. The highest BCUT2D eigenvalue weighted by Gasteiger charge is 2.20. The maximum atomic E-state index is 12.9. The molecule has 0 bridgehead atoms. The first-order valence-electron chi connectivity index (χ1n) is 10.1. The number of anilines is 1. The van der Waals surface area contributed by atoms with Gasteiger partial charge in [0.15, 0.2) is 0 Å². The van der Waals surface area contributed by atoms with E-state index in [0.717, 1.165) is 52.9 Å². The predicted molar refractivity (Wildman–Crippen MR) is 118 cm³/mol. The summed E-state index contributed by atoms with van der Waals surface area (Å²) < 4.78 is 1.32. The largest absolute Gasteiger partial charge is 0.345 e. The molecule has 2 N–H and O–H groups in total. The molecule has 1 aromatic carbocycles. The van der Waals surface area contributed by atoms with Gasteiger partial charge in [-0.15, -0.1) is 11.3 Å². The summed E-state index contributed by atoms with van der Waals surface area (Å²) in [4.78, 5) is 43.9. The van der Waals surface area contributed by atoms with Crippen LogP contribution < -0.4 is 16.2 Å². The van der Waals surface area contributed by atoms with Gasteiger partial charge in [-0.3, -0.25) is 19.0 Å². The highest BCUT2D eigenvalue weighted by molar-refractivity contribution is 7.18. The average molecular weight is 425 g/mol. The Labute approximate surface area is 178 Å². The van der Waals surface area contributed by atoms with Crippen molar-refractivity contribution in [1.29, 1.82) is 0 Å². The summed E-state index contributed by atoms with van der Waals surface area (Å²) in [6.07, 6.45) is 5.51. The highest BCUT2D eigenvalue weighted by atomic mass is 32.1. The predicted octanol–water partition coefficient (Wildman–Crippen LogP) is 2.71.